The first-order chi connectivity index (χ1) is 15.5. The third-order valence-corrected chi connectivity index (χ3v) is 7.70. The molecule has 166 valence electrons. The van der Waals surface area contributed by atoms with E-state index >= 15 is 0 Å². The molecule has 0 amide bonds. The molecule has 0 N–H and O–H groups in total. The van der Waals surface area contributed by atoms with E-state index in [9.17, 15) is 13.2 Å². The van der Waals surface area contributed by atoms with E-state index in [1.54, 1.807) is 37.3 Å². The van der Waals surface area contributed by atoms with Crippen LogP contribution in [0.25, 0.3) is 11.1 Å². The van der Waals surface area contributed by atoms with Gasteiger partial charge in [-0.2, -0.15) is 4.98 Å². The van der Waals surface area contributed by atoms with Crippen molar-refractivity contribution in [2.45, 2.75) is 43.5 Å². The zero-order chi connectivity index (χ0) is 22.3. The standard InChI is InChI=1S/C22H22N4O5S/c1-2-26(16-9-4-3-5-10-16)32(28,29)17-11-12-18-19(13-17)30-22(27)25(18)14-20-23-21(31-24-20)15-7-6-8-15/h3-5,9-13,15H,2,6-8,14H2,1H3. The molecule has 10 heteroatoms. The highest BCUT2D eigenvalue weighted by Gasteiger charge is 2.27. The minimum absolute atomic E-state index is 0.0448. The molecule has 0 saturated heterocycles. The van der Waals surface area contributed by atoms with Crippen LogP contribution in [0.4, 0.5) is 5.69 Å². The Labute approximate surface area is 184 Å². The summed E-state index contributed by atoms with van der Waals surface area (Å²) in [5.41, 5.74) is 1.21. The largest absolute Gasteiger partial charge is 0.420 e. The minimum atomic E-state index is -3.84. The quantitative estimate of drug-likeness (QED) is 0.420. The van der Waals surface area contributed by atoms with Gasteiger partial charge in [0.15, 0.2) is 11.4 Å². The van der Waals surface area contributed by atoms with Crippen molar-refractivity contribution in [2.24, 2.45) is 0 Å². The number of rotatable bonds is 7. The average molecular weight is 455 g/mol. The fourth-order valence-corrected chi connectivity index (χ4v) is 5.35. The van der Waals surface area contributed by atoms with Crippen molar-refractivity contribution in [2.75, 3.05) is 10.8 Å². The Morgan fingerprint density at radius 3 is 2.62 bits per heavy atom. The first-order valence-electron chi connectivity index (χ1n) is 10.5. The van der Waals surface area contributed by atoms with Crippen LogP contribution in [0.3, 0.4) is 0 Å². The first-order valence-corrected chi connectivity index (χ1v) is 11.9. The second-order valence-electron chi connectivity index (χ2n) is 7.77. The number of sulfonamides is 1. The van der Waals surface area contributed by atoms with Gasteiger partial charge in [-0.1, -0.05) is 29.8 Å². The monoisotopic (exact) mass is 454 g/mol. The highest BCUT2D eigenvalue weighted by atomic mass is 32.2. The van der Waals surface area contributed by atoms with Crippen molar-refractivity contribution in [3.05, 3.63) is 70.8 Å². The number of anilines is 1. The SMILES string of the molecule is CCN(c1ccccc1)S(=O)(=O)c1ccc2c(c1)oc(=O)n2Cc1noc(C2CCC2)n1. The summed E-state index contributed by atoms with van der Waals surface area (Å²) >= 11 is 0. The Hall–Kier alpha value is -3.40. The summed E-state index contributed by atoms with van der Waals surface area (Å²) in [4.78, 5) is 16.9. The molecule has 0 spiro atoms. The van der Waals surface area contributed by atoms with Crippen molar-refractivity contribution in [3.63, 3.8) is 0 Å². The van der Waals surface area contributed by atoms with Crippen LogP contribution in [0.2, 0.25) is 0 Å². The van der Waals surface area contributed by atoms with Crippen LogP contribution in [0.15, 0.2) is 67.2 Å². The molecule has 0 bridgehead atoms. The smallest absolute Gasteiger partial charge is 0.408 e. The van der Waals surface area contributed by atoms with Crippen LogP contribution < -0.4 is 10.1 Å². The Morgan fingerprint density at radius 2 is 1.94 bits per heavy atom. The third-order valence-electron chi connectivity index (χ3n) is 5.80. The second-order valence-corrected chi connectivity index (χ2v) is 9.63. The predicted molar refractivity (Wildman–Crippen MR) is 117 cm³/mol. The number of fused-ring (bicyclic) bond motifs is 1. The Balaban J connectivity index is 1.47. The van der Waals surface area contributed by atoms with E-state index in [2.05, 4.69) is 10.1 Å². The number of aromatic nitrogens is 3. The maximum Gasteiger partial charge on any atom is 0.420 e. The Kier molecular flexibility index (Phi) is 5.09. The molecular weight excluding hydrogens is 432 g/mol. The molecule has 0 aliphatic heterocycles. The number of benzene rings is 2. The molecule has 2 aromatic heterocycles. The van der Waals surface area contributed by atoms with Crippen LogP contribution in [0, 0.1) is 0 Å². The molecule has 0 unspecified atom stereocenters. The number of hydrogen-bond acceptors (Lipinski definition) is 7. The van der Waals surface area contributed by atoms with E-state index < -0.39 is 15.8 Å². The van der Waals surface area contributed by atoms with Crippen LogP contribution in [0.1, 0.15) is 43.8 Å². The van der Waals surface area contributed by atoms with Crippen molar-refractivity contribution in [1.82, 2.24) is 14.7 Å². The molecule has 5 rings (SSSR count). The number of oxazole rings is 1. The number of nitrogens with zero attached hydrogens (tertiary/aromatic N) is 4. The van der Waals surface area contributed by atoms with Crippen LogP contribution in [0.5, 0.6) is 0 Å². The molecule has 1 aliphatic carbocycles. The van der Waals surface area contributed by atoms with Gasteiger partial charge in [-0.25, -0.2) is 13.2 Å². The molecule has 2 heterocycles. The molecule has 1 aliphatic rings. The summed E-state index contributed by atoms with van der Waals surface area (Å²) in [5.74, 6) is 0.670. The van der Waals surface area contributed by atoms with Gasteiger partial charge in [-0.3, -0.25) is 8.87 Å². The fraction of sp³-hybridized carbons (Fsp3) is 0.318. The van der Waals surface area contributed by atoms with Gasteiger partial charge >= 0.3 is 5.76 Å². The van der Waals surface area contributed by atoms with E-state index in [-0.39, 0.29) is 23.6 Å². The van der Waals surface area contributed by atoms with Crippen molar-refractivity contribution in [1.29, 1.82) is 0 Å². The molecule has 1 saturated carbocycles. The lowest BCUT2D eigenvalue weighted by Gasteiger charge is -2.22. The van der Waals surface area contributed by atoms with Gasteiger partial charge in [0, 0.05) is 18.5 Å². The molecule has 0 radical (unpaired) electrons. The summed E-state index contributed by atoms with van der Waals surface area (Å²) in [6.07, 6.45) is 3.22. The van der Waals surface area contributed by atoms with Crippen LogP contribution in [-0.4, -0.2) is 29.7 Å². The van der Waals surface area contributed by atoms with Crippen LogP contribution in [-0.2, 0) is 16.6 Å². The molecule has 0 atom stereocenters. The summed E-state index contributed by atoms with van der Waals surface area (Å²) in [6, 6.07) is 13.3. The maximum absolute atomic E-state index is 13.3. The molecule has 9 nitrogen and oxygen atoms in total. The van der Waals surface area contributed by atoms with Gasteiger partial charge < -0.3 is 8.94 Å². The maximum atomic E-state index is 13.3. The van der Waals surface area contributed by atoms with Gasteiger partial charge in [0.05, 0.1) is 22.6 Å². The summed E-state index contributed by atoms with van der Waals surface area (Å²) in [5, 5.41) is 3.98. The molecule has 2 aromatic carbocycles. The summed E-state index contributed by atoms with van der Waals surface area (Å²) < 4.78 is 39.9. The average Bonchev–Trinajstić information content (AvgIpc) is 3.32. The van der Waals surface area contributed by atoms with E-state index in [1.165, 1.54) is 21.0 Å². The first kappa shape index (κ1) is 20.5. The van der Waals surface area contributed by atoms with Gasteiger partial charge in [-0.15, -0.1) is 0 Å². The lowest BCUT2D eigenvalue weighted by Crippen LogP contribution is -2.30. The zero-order valence-corrected chi connectivity index (χ0v) is 18.3. The second kappa shape index (κ2) is 7.94. The molecule has 4 aromatic rings. The lowest BCUT2D eigenvalue weighted by atomic mass is 9.85. The van der Waals surface area contributed by atoms with Gasteiger partial charge in [0.2, 0.25) is 5.89 Å². The highest BCUT2D eigenvalue weighted by molar-refractivity contribution is 7.92. The zero-order valence-electron chi connectivity index (χ0n) is 17.5. The highest BCUT2D eigenvalue weighted by Crippen LogP contribution is 2.35. The van der Waals surface area contributed by atoms with E-state index in [4.69, 9.17) is 8.94 Å². The van der Waals surface area contributed by atoms with Gasteiger partial charge in [-0.05, 0) is 44.0 Å². The van der Waals surface area contributed by atoms with Crippen LogP contribution >= 0.6 is 0 Å². The predicted octanol–water partition coefficient (Wildman–Crippen LogP) is 3.51. The lowest BCUT2D eigenvalue weighted by molar-refractivity contribution is 0.291. The summed E-state index contributed by atoms with van der Waals surface area (Å²) in [7, 11) is -3.84. The number of hydrogen-bond donors (Lipinski definition) is 0. The molecule has 1 fully saturated rings. The van der Waals surface area contributed by atoms with Crippen molar-refractivity contribution >= 4 is 26.8 Å². The summed E-state index contributed by atoms with van der Waals surface area (Å²) in [6.45, 7) is 2.11. The Morgan fingerprint density at radius 1 is 1.16 bits per heavy atom. The van der Waals surface area contributed by atoms with Crippen molar-refractivity contribution < 1.29 is 17.4 Å². The molecule has 32 heavy (non-hydrogen) atoms. The number of para-hydroxylation sites is 1. The van der Waals surface area contributed by atoms with E-state index in [0.29, 0.717) is 28.8 Å². The third kappa shape index (κ3) is 3.50. The topological polar surface area (TPSA) is 111 Å². The van der Waals surface area contributed by atoms with E-state index in [1.807, 2.05) is 6.07 Å². The fourth-order valence-electron chi connectivity index (χ4n) is 3.86. The van der Waals surface area contributed by atoms with Gasteiger partial charge in [0.25, 0.3) is 10.0 Å². The van der Waals surface area contributed by atoms with Gasteiger partial charge in [0.1, 0.15) is 0 Å². The molecular formula is C22H22N4O5S. The Bertz CT molecular complexity index is 1420. The normalized spacial score (nSPS) is 14.5. The van der Waals surface area contributed by atoms with Crippen molar-refractivity contribution in [3.8, 4) is 0 Å². The van der Waals surface area contributed by atoms with E-state index in [0.717, 1.165) is 19.3 Å². The minimum Gasteiger partial charge on any atom is -0.408 e.